The minimum absolute atomic E-state index is 0.120. The highest BCUT2D eigenvalue weighted by Gasteiger charge is 2.13. The molecular formula is C16H18N2O2. The van der Waals surface area contributed by atoms with E-state index in [-0.39, 0.29) is 16.9 Å². The van der Waals surface area contributed by atoms with Crippen molar-refractivity contribution < 1.29 is 4.79 Å². The van der Waals surface area contributed by atoms with Crippen LogP contribution in [0.2, 0.25) is 0 Å². The zero-order chi connectivity index (χ0) is 14.9. The van der Waals surface area contributed by atoms with Crippen LogP contribution in [0, 0.1) is 27.7 Å². The van der Waals surface area contributed by atoms with Crippen molar-refractivity contribution >= 4 is 11.6 Å². The van der Waals surface area contributed by atoms with Crippen molar-refractivity contribution in [3.05, 3.63) is 62.6 Å². The Labute approximate surface area is 117 Å². The lowest BCUT2D eigenvalue weighted by Gasteiger charge is -2.12. The highest BCUT2D eigenvalue weighted by Crippen LogP contribution is 2.22. The van der Waals surface area contributed by atoms with Gasteiger partial charge in [0.05, 0.1) is 0 Å². The summed E-state index contributed by atoms with van der Waals surface area (Å²) in [6.45, 7) is 7.66. The summed E-state index contributed by atoms with van der Waals surface area (Å²) >= 11 is 0. The fourth-order valence-corrected chi connectivity index (χ4v) is 2.31. The lowest BCUT2D eigenvalue weighted by Crippen LogP contribution is -2.22. The van der Waals surface area contributed by atoms with Crippen LogP contribution in [-0.2, 0) is 0 Å². The monoisotopic (exact) mass is 270 g/mol. The number of aromatic amines is 1. The molecule has 2 rings (SSSR count). The normalized spacial score (nSPS) is 10.4. The highest BCUT2D eigenvalue weighted by molar-refractivity contribution is 6.04. The van der Waals surface area contributed by atoms with Crippen LogP contribution in [0.5, 0.6) is 0 Å². The molecule has 2 N–H and O–H groups in total. The van der Waals surface area contributed by atoms with Gasteiger partial charge in [-0.2, -0.15) is 0 Å². The van der Waals surface area contributed by atoms with Gasteiger partial charge >= 0.3 is 0 Å². The van der Waals surface area contributed by atoms with E-state index in [0.717, 1.165) is 28.1 Å². The van der Waals surface area contributed by atoms with E-state index in [1.165, 1.54) is 12.3 Å². The van der Waals surface area contributed by atoms with Crippen molar-refractivity contribution in [1.82, 2.24) is 4.98 Å². The SMILES string of the molecule is Cc1cc(C)c(NC(=O)c2c[nH]c(C)cc2=O)c(C)c1. The zero-order valence-electron chi connectivity index (χ0n) is 12.1. The van der Waals surface area contributed by atoms with E-state index < -0.39 is 0 Å². The molecule has 1 aromatic carbocycles. The average Bonchev–Trinajstić information content (AvgIpc) is 2.33. The van der Waals surface area contributed by atoms with E-state index in [2.05, 4.69) is 10.3 Å². The number of aryl methyl sites for hydroxylation is 4. The Morgan fingerprint density at radius 3 is 2.20 bits per heavy atom. The fraction of sp³-hybridized carbons (Fsp3) is 0.250. The first kappa shape index (κ1) is 14.1. The molecule has 4 heteroatoms. The molecule has 0 aliphatic heterocycles. The number of rotatable bonds is 2. The van der Waals surface area contributed by atoms with Crippen molar-refractivity contribution in [3.63, 3.8) is 0 Å². The Morgan fingerprint density at radius 2 is 1.65 bits per heavy atom. The Morgan fingerprint density at radius 1 is 1.05 bits per heavy atom. The minimum Gasteiger partial charge on any atom is -0.364 e. The molecule has 0 aliphatic carbocycles. The molecule has 0 atom stereocenters. The molecule has 0 unspecified atom stereocenters. The second-order valence-corrected chi connectivity index (χ2v) is 5.12. The Balaban J connectivity index is 2.35. The zero-order valence-corrected chi connectivity index (χ0v) is 12.1. The first-order valence-electron chi connectivity index (χ1n) is 6.47. The molecule has 2 aromatic rings. The smallest absolute Gasteiger partial charge is 0.261 e. The predicted octanol–water partition coefficient (Wildman–Crippen LogP) is 2.86. The molecule has 4 nitrogen and oxygen atoms in total. The number of carbonyl (C=O) groups excluding carboxylic acids is 1. The van der Waals surface area contributed by atoms with Crippen molar-refractivity contribution in [2.45, 2.75) is 27.7 Å². The Bertz CT molecular complexity index is 706. The summed E-state index contributed by atoms with van der Waals surface area (Å²) in [4.78, 5) is 26.9. The van der Waals surface area contributed by atoms with Crippen LogP contribution in [0.4, 0.5) is 5.69 Å². The van der Waals surface area contributed by atoms with Crippen LogP contribution in [0.15, 0.2) is 29.2 Å². The number of benzene rings is 1. The number of pyridine rings is 1. The fourth-order valence-electron chi connectivity index (χ4n) is 2.31. The molecular weight excluding hydrogens is 252 g/mol. The molecule has 1 heterocycles. The lowest BCUT2D eigenvalue weighted by molar-refractivity contribution is 0.102. The molecule has 20 heavy (non-hydrogen) atoms. The largest absolute Gasteiger partial charge is 0.364 e. The lowest BCUT2D eigenvalue weighted by atomic mass is 10.0. The van der Waals surface area contributed by atoms with Gasteiger partial charge < -0.3 is 10.3 Å². The van der Waals surface area contributed by atoms with Crippen LogP contribution in [0.3, 0.4) is 0 Å². The van der Waals surface area contributed by atoms with Crippen LogP contribution in [0.1, 0.15) is 32.7 Å². The molecule has 0 fully saturated rings. The van der Waals surface area contributed by atoms with Crippen LogP contribution >= 0.6 is 0 Å². The van der Waals surface area contributed by atoms with Gasteiger partial charge in [-0.15, -0.1) is 0 Å². The van der Waals surface area contributed by atoms with Crippen molar-refractivity contribution in [3.8, 4) is 0 Å². The van der Waals surface area contributed by atoms with E-state index in [0.29, 0.717) is 0 Å². The second kappa shape index (κ2) is 5.33. The van der Waals surface area contributed by atoms with E-state index in [4.69, 9.17) is 0 Å². The number of hydrogen-bond donors (Lipinski definition) is 2. The Hall–Kier alpha value is -2.36. The quantitative estimate of drug-likeness (QED) is 0.881. The number of carbonyl (C=O) groups is 1. The van der Waals surface area contributed by atoms with Gasteiger partial charge in [-0.1, -0.05) is 17.7 Å². The maximum atomic E-state index is 12.2. The number of amides is 1. The summed E-state index contributed by atoms with van der Waals surface area (Å²) in [5.41, 5.74) is 4.45. The number of nitrogens with one attached hydrogen (secondary N) is 2. The van der Waals surface area contributed by atoms with Gasteiger partial charge in [0.1, 0.15) is 5.56 Å². The van der Waals surface area contributed by atoms with E-state index in [1.807, 2.05) is 32.9 Å². The topological polar surface area (TPSA) is 62.0 Å². The summed E-state index contributed by atoms with van der Waals surface area (Å²) in [5.74, 6) is -0.388. The third-order valence-corrected chi connectivity index (χ3v) is 3.22. The van der Waals surface area contributed by atoms with Gasteiger partial charge in [0.15, 0.2) is 5.43 Å². The summed E-state index contributed by atoms with van der Waals surface area (Å²) < 4.78 is 0. The maximum absolute atomic E-state index is 12.2. The number of aromatic nitrogens is 1. The van der Waals surface area contributed by atoms with Crippen LogP contribution in [-0.4, -0.2) is 10.9 Å². The van der Waals surface area contributed by atoms with E-state index in [9.17, 15) is 9.59 Å². The van der Waals surface area contributed by atoms with Crippen molar-refractivity contribution in [2.24, 2.45) is 0 Å². The molecule has 0 aliphatic rings. The van der Waals surface area contributed by atoms with Gasteiger partial charge in [-0.3, -0.25) is 9.59 Å². The standard InChI is InChI=1S/C16H18N2O2/c1-9-5-10(2)15(11(3)6-9)18-16(20)13-8-17-12(4)7-14(13)19/h5-8H,1-4H3,(H,17,19)(H,18,20). The third kappa shape index (κ3) is 2.79. The second-order valence-electron chi connectivity index (χ2n) is 5.12. The number of H-pyrrole nitrogens is 1. The van der Waals surface area contributed by atoms with E-state index >= 15 is 0 Å². The first-order chi connectivity index (χ1) is 9.38. The highest BCUT2D eigenvalue weighted by atomic mass is 16.2. The predicted molar refractivity (Wildman–Crippen MR) is 80.4 cm³/mol. The van der Waals surface area contributed by atoms with Crippen molar-refractivity contribution in [1.29, 1.82) is 0 Å². The van der Waals surface area contributed by atoms with E-state index in [1.54, 1.807) is 6.92 Å². The number of hydrogen-bond acceptors (Lipinski definition) is 2. The summed E-state index contributed by atoms with van der Waals surface area (Å²) in [6.07, 6.45) is 1.45. The molecule has 104 valence electrons. The van der Waals surface area contributed by atoms with Crippen LogP contribution < -0.4 is 10.7 Å². The first-order valence-corrected chi connectivity index (χ1v) is 6.47. The maximum Gasteiger partial charge on any atom is 0.261 e. The molecule has 0 saturated carbocycles. The summed E-state index contributed by atoms with van der Waals surface area (Å²) in [5, 5.41) is 2.82. The molecule has 0 radical (unpaired) electrons. The van der Waals surface area contributed by atoms with Crippen LogP contribution in [0.25, 0.3) is 0 Å². The molecule has 0 saturated heterocycles. The van der Waals surface area contributed by atoms with Gasteiger partial charge in [-0.05, 0) is 38.8 Å². The molecule has 0 spiro atoms. The summed E-state index contributed by atoms with van der Waals surface area (Å²) in [7, 11) is 0. The summed E-state index contributed by atoms with van der Waals surface area (Å²) in [6, 6.07) is 5.42. The molecule has 0 bridgehead atoms. The minimum atomic E-state index is -0.388. The molecule has 1 amide bonds. The third-order valence-electron chi connectivity index (χ3n) is 3.22. The van der Waals surface area contributed by atoms with Gasteiger partial charge in [0.2, 0.25) is 0 Å². The molecule has 1 aromatic heterocycles. The van der Waals surface area contributed by atoms with Crippen molar-refractivity contribution in [2.75, 3.05) is 5.32 Å². The van der Waals surface area contributed by atoms with Gasteiger partial charge in [0, 0.05) is 23.6 Å². The Kier molecular flexibility index (Phi) is 3.74. The average molecular weight is 270 g/mol. The van der Waals surface area contributed by atoms with Gasteiger partial charge in [0.25, 0.3) is 5.91 Å². The number of anilines is 1. The van der Waals surface area contributed by atoms with Gasteiger partial charge in [-0.25, -0.2) is 0 Å².